The molecule has 0 saturated carbocycles. The van der Waals surface area contributed by atoms with Crippen molar-refractivity contribution in [3.8, 4) is 0 Å². The van der Waals surface area contributed by atoms with Gasteiger partial charge in [0, 0.05) is 25.5 Å². The first-order chi connectivity index (χ1) is 9.17. The molecule has 0 spiro atoms. The number of hydrogen-bond donors (Lipinski definition) is 1. The van der Waals surface area contributed by atoms with Crippen LogP contribution in [0.4, 0.5) is 0 Å². The molecule has 0 saturated heterocycles. The predicted molar refractivity (Wildman–Crippen MR) is 81.1 cm³/mol. The SMILES string of the molecule is CCCNC(CC)CCCN(C)Cc1nccn1C. The van der Waals surface area contributed by atoms with E-state index in [4.69, 9.17) is 0 Å². The van der Waals surface area contributed by atoms with Crippen LogP contribution in [0, 0.1) is 0 Å². The van der Waals surface area contributed by atoms with E-state index in [1.807, 2.05) is 12.4 Å². The minimum Gasteiger partial charge on any atom is -0.337 e. The van der Waals surface area contributed by atoms with Gasteiger partial charge < -0.3 is 9.88 Å². The molecule has 1 heterocycles. The topological polar surface area (TPSA) is 33.1 Å². The highest BCUT2D eigenvalue weighted by atomic mass is 15.1. The third-order valence-corrected chi connectivity index (χ3v) is 3.60. The van der Waals surface area contributed by atoms with Crippen LogP contribution in [0.2, 0.25) is 0 Å². The third kappa shape index (κ3) is 6.21. The van der Waals surface area contributed by atoms with Gasteiger partial charge in [0.15, 0.2) is 0 Å². The maximum absolute atomic E-state index is 4.36. The average Bonchev–Trinajstić information content (AvgIpc) is 2.79. The Labute approximate surface area is 118 Å². The molecule has 4 heteroatoms. The van der Waals surface area contributed by atoms with E-state index >= 15 is 0 Å². The molecule has 1 aromatic heterocycles. The number of nitrogens with one attached hydrogen (secondary N) is 1. The van der Waals surface area contributed by atoms with Gasteiger partial charge in [0.05, 0.1) is 6.54 Å². The van der Waals surface area contributed by atoms with Crippen molar-refractivity contribution >= 4 is 0 Å². The Hall–Kier alpha value is -0.870. The Balaban J connectivity index is 2.19. The molecule has 0 aromatic carbocycles. The Morgan fingerprint density at radius 2 is 2.21 bits per heavy atom. The van der Waals surface area contributed by atoms with Crippen LogP contribution < -0.4 is 5.32 Å². The maximum Gasteiger partial charge on any atom is 0.122 e. The van der Waals surface area contributed by atoms with Crippen molar-refractivity contribution in [1.29, 1.82) is 0 Å². The number of imidazole rings is 1. The van der Waals surface area contributed by atoms with Gasteiger partial charge in [0.1, 0.15) is 5.82 Å². The minimum absolute atomic E-state index is 0.682. The lowest BCUT2D eigenvalue weighted by Gasteiger charge is -2.20. The summed E-state index contributed by atoms with van der Waals surface area (Å²) in [6.45, 7) is 7.70. The molecular formula is C15H30N4. The molecule has 1 unspecified atom stereocenters. The van der Waals surface area contributed by atoms with Gasteiger partial charge in [-0.3, -0.25) is 4.90 Å². The van der Waals surface area contributed by atoms with Gasteiger partial charge in [0.2, 0.25) is 0 Å². The van der Waals surface area contributed by atoms with E-state index in [0.29, 0.717) is 6.04 Å². The van der Waals surface area contributed by atoms with Crippen LogP contribution in [0.3, 0.4) is 0 Å². The van der Waals surface area contributed by atoms with Gasteiger partial charge in [-0.25, -0.2) is 4.98 Å². The van der Waals surface area contributed by atoms with Gasteiger partial charge >= 0.3 is 0 Å². The first-order valence-corrected chi connectivity index (χ1v) is 7.55. The highest BCUT2D eigenvalue weighted by Crippen LogP contribution is 2.05. The standard InChI is InChI=1S/C15H30N4/c1-5-9-16-14(6-2)8-7-11-18(3)13-15-17-10-12-19(15)4/h10,12,14,16H,5-9,11,13H2,1-4H3. The lowest BCUT2D eigenvalue weighted by Crippen LogP contribution is -2.30. The van der Waals surface area contributed by atoms with Crippen LogP contribution in [0.1, 0.15) is 45.4 Å². The highest BCUT2D eigenvalue weighted by Gasteiger charge is 2.07. The molecule has 0 aliphatic carbocycles. The molecule has 110 valence electrons. The van der Waals surface area contributed by atoms with E-state index < -0.39 is 0 Å². The van der Waals surface area contributed by atoms with Crippen molar-refractivity contribution in [2.24, 2.45) is 7.05 Å². The van der Waals surface area contributed by atoms with Crippen LogP contribution in [0.25, 0.3) is 0 Å². The summed E-state index contributed by atoms with van der Waals surface area (Å²) in [7, 11) is 4.23. The van der Waals surface area contributed by atoms with Crippen LogP contribution in [-0.4, -0.2) is 40.6 Å². The van der Waals surface area contributed by atoms with E-state index in [1.54, 1.807) is 0 Å². The third-order valence-electron chi connectivity index (χ3n) is 3.60. The fraction of sp³-hybridized carbons (Fsp3) is 0.800. The summed E-state index contributed by atoms with van der Waals surface area (Å²) in [6, 6.07) is 0.682. The van der Waals surface area contributed by atoms with Crippen molar-refractivity contribution in [2.45, 2.75) is 52.1 Å². The number of rotatable bonds is 10. The summed E-state index contributed by atoms with van der Waals surface area (Å²) in [6.07, 6.45) is 8.83. The van der Waals surface area contributed by atoms with E-state index in [9.17, 15) is 0 Å². The van der Waals surface area contributed by atoms with E-state index in [-0.39, 0.29) is 0 Å². The quantitative estimate of drug-likeness (QED) is 0.706. The van der Waals surface area contributed by atoms with Crippen LogP contribution in [0.5, 0.6) is 0 Å². The molecule has 1 aromatic rings. The van der Waals surface area contributed by atoms with Crippen molar-refractivity contribution < 1.29 is 0 Å². The molecule has 1 atom stereocenters. The zero-order valence-electron chi connectivity index (χ0n) is 13.0. The first kappa shape index (κ1) is 16.2. The lowest BCUT2D eigenvalue weighted by atomic mass is 10.1. The molecule has 0 aliphatic rings. The number of hydrogen-bond acceptors (Lipinski definition) is 3. The zero-order valence-corrected chi connectivity index (χ0v) is 13.0. The van der Waals surface area contributed by atoms with Crippen molar-refractivity contribution in [2.75, 3.05) is 20.1 Å². The second-order valence-corrected chi connectivity index (χ2v) is 5.39. The zero-order chi connectivity index (χ0) is 14.1. The average molecular weight is 266 g/mol. The summed E-state index contributed by atoms with van der Waals surface area (Å²) in [5, 5.41) is 3.61. The van der Waals surface area contributed by atoms with E-state index in [1.165, 1.54) is 25.7 Å². The normalized spacial score (nSPS) is 13.1. The van der Waals surface area contributed by atoms with Gasteiger partial charge in [-0.2, -0.15) is 0 Å². The van der Waals surface area contributed by atoms with Crippen LogP contribution >= 0.6 is 0 Å². The Morgan fingerprint density at radius 3 is 2.79 bits per heavy atom. The van der Waals surface area contributed by atoms with Crippen molar-refractivity contribution in [1.82, 2.24) is 19.8 Å². The monoisotopic (exact) mass is 266 g/mol. The molecule has 1 rings (SSSR count). The molecule has 0 fully saturated rings. The molecule has 4 nitrogen and oxygen atoms in total. The fourth-order valence-electron chi connectivity index (χ4n) is 2.28. The molecule has 19 heavy (non-hydrogen) atoms. The van der Waals surface area contributed by atoms with Crippen LogP contribution in [0.15, 0.2) is 12.4 Å². The van der Waals surface area contributed by atoms with Crippen LogP contribution in [-0.2, 0) is 13.6 Å². The van der Waals surface area contributed by atoms with E-state index in [2.05, 4.69) is 47.7 Å². The summed E-state index contributed by atoms with van der Waals surface area (Å²) in [4.78, 5) is 6.72. The number of aryl methyl sites for hydroxylation is 1. The van der Waals surface area contributed by atoms with E-state index in [0.717, 1.165) is 25.5 Å². The smallest absolute Gasteiger partial charge is 0.122 e. The van der Waals surface area contributed by atoms with Crippen molar-refractivity contribution in [3.05, 3.63) is 18.2 Å². The molecule has 0 amide bonds. The Kier molecular flexibility index (Phi) is 7.75. The molecule has 0 aliphatic heterocycles. The van der Waals surface area contributed by atoms with Gasteiger partial charge in [-0.05, 0) is 45.8 Å². The minimum atomic E-state index is 0.682. The van der Waals surface area contributed by atoms with Gasteiger partial charge in [-0.15, -0.1) is 0 Å². The molecule has 1 N–H and O–H groups in total. The summed E-state index contributed by atoms with van der Waals surface area (Å²) >= 11 is 0. The molecule has 0 bridgehead atoms. The summed E-state index contributed by atoms with van der Waals surface area (Å²) < 4.78 is 2.09. The Morgan fingerprint density at radius 1 is 1.42 bits per heavy atom. The first-order valence-electron chi connectivity index (χ1n) is 7.55. The van der Waals surface area contributed by atoms with Gasteiger partial charge in [-0.1, -0.05) is 13.8 Å². The predicted octanol–water partition coefficient (Wildman–Crippen LogP) is 2.41. The highest BCUT2D eigenvalue weighted by molar-refractivity contribution is 4.90. The van der Waals surface area contributed by atoms with Crippen molar-refractivity contribution in [3.63, 3.8) is 0 Å². The number of aromatic nitrogens is 2. The molecule has 0 radical (unpaired) electrons. The largest absolute Gasteiger partial charge is 0.337 e. The maximum atomic E-state index is 4.36. The Bertz CT molecular complexity index is 335. The summed E-state index contributed by atoms with van der Waals surface area (Å²) in [5.41, 5.74) is 0. The lowest BCUT2D eigenvalue weighted by molar-refractivity contribution is 0.297. The second kappa shape index (κ2) is 9.10. The summed E-state index contributed by atoms with van der Waals surface area (Å²) in [5.74, 6) is 1.14. The number of nitrogens with zero attached hydrogens (tertiary/aromatic N) is 3. The molecular weight excluding hydrogens is 236 g/mol. The fourth-order valence-corrected chi connectivity index (χ4v) is 2.28. The second-order valence-electron chi connectivity index (χ2n) is 5.39. The van der Waals surface area contributed by atoms with Gasteiger partial charge in [0.25, 0.3) is 0 Å².